The van der Waals surface area contributed by atoms with Crippen LogP contribution in [0, 0.1) is 0 Å². The Morgan fingerprint density at radius 2 is 1.70 bits per heavy atom. The van der Waals surface area contributed by atoms with Crippen LogP contribution in [0.15, 0.2) is 59.5 Å². The molecule has 0 bridgehead atoms. The van der Waals surface area contributed by atoms with E-state index in [1.807, 2.05) is 18.2 Å². The summed E-state index contributed by atoms with van der Waals surface area (Å²) < 4.78 is 33.2. The maximum Gasteiger partial charge on any atom is 0.244 e. The summed E-state index contributed by atoms with van der Waals surface area (Å²) in [5, 5.41) is 0. The molecule has 0 amide bonds. The zero-order valence-corrected chi connectivity index (χ0v) is 14.0. The van der Waals surface area contributed by atoms with E-state index in [1.165, 1.54) is 12.7 Å². The minimum Gasteiger partial charge on any atom is -0.495 e. The molecule has 122 valence electrons. The van der Waals surface area contributed by atoms with E-state index in [0.717, 1.165) is 19.3 Å². The van der Waals surface area contributed by atoms with Gasteiger partial charge in [-0.1, -0.05) is 48.9 Å². The summed E-state index contributed by atoms with van der Waals surface area (Å²) in [5.74, 6) is 0.363. The van der Waals surface area contributed by atoms with E-state index in [2.05, 4.69) is 16.9 Å². The standard InChI is InChI=1S/C18H21NO3S/c1-22-16-10-5-6-11-17(16)23(20,21)19-14-18(12-7-13-18)15-8-3-2-4-9-15/h2-6,8-11,19H,7,12-14H2,1H3. The molecule has 23 heavy (non-hydrogen) atoms. The lowest BCUT2D eigenvalue weighted by molar-refractivity contribution is 0.245. The van der Waals surface area contributed by atoms with E-state index >= 15 is 0 Å². The van der Waals surface area contributed by atoms with Gasteiger partial charge in [-0.15, -0.1) is 0 Å². The number of sulfonamides is 1. The molecule has 2 aromatic carbocycles. The number of ether oxygens (including phenoxy) is 1. The van der Waals surface area contributed by atoms with Gasteiger partial charge in [0, 0.05) is 12.0 Å². The van der Waals surface area contributed by atoms with E-state index in [4.69, 9.17) is 4.74 Å². The van der Waals surface area contributed by atoms with Gasteiger partial charge in [-0.2, -0.15) is 0 Å². The monoisotopic (exact) mass is 331 g/mol. The van der Waals surface area contributed by atoms with Crippen molar-refractivity contribution in [3.8, 4) is 5.75 Å². The average molecular weight is 331 g/mol. The SMILES string of the molecule is COc1ccccc1S(=O)(=O)NCC1(c2ccccc2)CCC1. The van der Waals surface area contributed by atoms with Crippen molar-refractivity contribution in [2.24, 2.45) is 0 Å². The first-order valence-corrected chi connectivity index (χ1v) is 9.24. The molecule has 2 aromatic rings. The van der Waals surface area contributed by atoms with Crippen molar-refractivity contribution in [3.63, 3.8) is 0 Å². The fourth-order valence-corrected chi connectivity index (χ4v) is 4.41. The number of para-hydroxylation sites is 1. The van der Waals surface area contributed by atoms with Gasteiger partial charge in [0.15, 0.2) is 0 Å². The van der Waals surface area contributed by atoms with Crippen LogP contribution >= 0.6 is 0 Å². The first kappa shape index (κ1) is 16.0. The third-order valence-corrected chi connectivity index (χ3v) is 6.10. The molecule has 0 aliphatic heterocycles. The number of hydrogen-bond donors (Lipinski definition) is 1. The molecule has 0 aromatic heterocycles. The lowest BCUT2D eigenvalue weighted by Crippen LogP contribution is -2.45. The highest BCUT2D eigenvalue weighted by atomic mass is 32.2. The molecule has 1 aliphatic rings. The second-order valence-electron chi connectivity index (χ2n) is 5.98. The van der Waals surface area contributed by atoms with Crippen molar-refractivity contribution < 1.29 is 13.2 Å². The predicted molar refractivity (Wildman–Crippen MR) is 90.2 cm³/mol. The first-order valence-electron chi connectivity index (χ1n) is 7.76. The molecule has 4 nitrogen and oxygen atoms in total. The van der Waals surface area contributed by atoms with Crippen LogP contribution in [0.1, 0.15) is 24.8 Å². The van der Waals surface area contributed by atoms with Crippen molar-refractivity contribution in [3.05, 3.63) is 60.2 Å². The molecule has 0 radical (unpaired) electrons. The lowest BCUT2D eigenvalue weighted by atomic mass is 9.64. The fourth-order valence-electron chi connectivity index (χ4n) is 3.11. The third kappa shape index (κ3) is 3.12. The van der Waals surface area contributed by atoms with Gasteiger partial charge in [0.1, 0.15) is 10.6 Å². The van der Waals surface area contributed by atoms with E-state index in [0.29, 0.717) is 12.3 Å². The quantitative estimate of drug-likeness (QED) is 0.885. The Labute approximate surface area is 137 Å². The predicted octanol–water partition coefficient (Wildman–Crippen LogP) is 3.10. The summed E-state index contributed by atoms with van der Waals surface area (Å²) in [4.78, 5) is 0.185. The van der Waals surface area contributed by atoms with Crippen LogP contribution in [0.4, 0.5) is 0 Å². The molecule has 0 spiro atoms. The maximum atomic E-state index is 12.6. The third-order valence-electron chi connectivity index (χ3n) is 4.66. The van der Waals surface area contributed by atoms with Crippen LogP contribution < -0.4 is 9.46 Å². The second kappa shape index (κ2) is 6.34. The first-order chi connectivity index (χ1) is 11.1. The molecule has 0 unspecified atom stereocenters. The topological polar surface area (TPSA) is 55.4 Å². The van der Waals surface area contributed by atoms with Gasteiger partial charge in [-0.05, 0) is 30.5 Å². The maximum absolute atomic E-state index is 12.6. The highest BCUT2D eigenvalue weighted by Gasteiger charge is 2.39. The van der Waals surface area contributed by atoms with Crippen LogP contribution in [-0.4, -0.2) is 22.1 Å². The zero-order valence-electron chi connectivity index (χ0n) is 13.2. The summed E-state index contributed by atoms with van der Waals surface area (Å²) >= 11 is 0. The lowest BCUT2D eigenvalue weighted by Gasteiger charge is -2.42. The van der Waals surface area contributed by atoms with Crippen molar-refractivity contribution in [1.82, 2.24) is 4.72 Å². The summed E-state index contributed by atoms with van der Waals surface area (Å²) in [6.45, 7) is 0.414. The Morgan fingerprint density at radius 1 is 1.04 bits per heavy atom. The van der Waals surface area contributed by atoms with Gasteiger partial charge in [0.25, 0.3) is 0 Å². The van der Waals surface area contributed by atoms with E-state index in [9.17, 15) is 8.42 Å². The highest BCUT2D eigenvalue weighted by Crippen LogP contribution is 2.43. The van der Waals surface area contributed by atoms with Crippen LogP contribution in [0.2, 0.25) is 0 Å². The van der Waals surface area contributed by atoms with Crippen molar-refractivity contribution in [1.29, 1.82) is 0 Å². The van der Waals surface area contributed by atoms with Gasteiger partial charge in [-0.3, -0.25) is 0 Å². The molecular formula is C18H21NO3S. The summed E-state index contributed by atoms with van der Waals surface area (Å²) in [6.07, 6.45) is 3.14. The average Bonchev–Trinajstić information content (AvgIpc) is 2.55. The molecule has 3 rings (SSSR count). The molecule has 1 N–H and O–H groups in total. The van der Waals surface area contributed by atoms with Gasteiger partial charge >= 0.3 is 0 Å². The van der Waals surface area contributed by atoms with Gasteiger partial charge in [0.2, 0.25) is 10.0 Å². The largest absolute Gasteiger partial charge is 0.495 e. The zero-order chi connectivity index (χ0) is 16.3. The summed E-state index contributed by atoms with van der Waals surface area (Å²) in [5.41, 5.74) is 1.12. The summed E-state index contributed by atoms with van der Waals surface area (Å²) in [7, 11) is -2.12. The smallest absolute Gasteiger partial charge is 0.244 e. The van der Waals surface area contributed by atoms with Crippen LogP contribution in [0.25, 0.3) is 0 Å². The Balaban J connectivity index is 1.81. The minimum absolute atomic E-state index is 0.0870. The molecule has 0 atom stereocenters. The number of benzene rings is 2. The minimum atomic E-state index is -3.60. The second-order valence-corrected chi connectivity index (χ2v) is 7.71. The number of rotatable bonds is 6. The van der Waals surface area contributed by atoms with Crippen LogP contribution in [0.5, 0.6) is 5.75 Å². The molecule has 1 aliphatic carbocycles. The molecule has 0 heterocycles. The van der Waals surface area contributed by atoms with Crippen molar-refractivity contribution >= 4 is 10.0 Å². The molecule has 0 saturated heterocycles. The van der Waals surface area contributed by atoms with E-state index in [1.54, 1.807) is 24.3 Å². The van der Waals surface area contributed by atoms with Crippen LogP contribution in [-0.2, 0) is 15.4 Å². The fraction of sp³-hybridized carbons (Fsp3) is 0.333. The number of hydrogen-bond acceptors (Lipinski definition) is 3. The Hall–Kier alpha value is -1.85. The molecular weight excluding hydrogens is 310 g/mol. The molecule has 1 fully saturated rings. The number of methoxy groups -OCH3 is 1. The van der Waals surface area contributed by atoms with Crippen molar-refractivity contribution in [2.45, 2.75) is 29.6 Å². The van der Waals surface area contributed by atoms with Crippen molar-refractivity contribution in [2.75, 3.05) is 13.7 Å². The summed E-state index contributed by atoms with van der Waals surface area (Å²) in [6, 6.07) is 16.8. The Kier molecular flexibility index (Phi) is 4.41. The normalized spacial score (nSPS) is 16.6. The van der Waals surface area contributed by atoms with Gasteiger partial charge in [-0.25, -0.2) is 13.1 Å². The van der Waals surface area contributed by atoms with E-state index < -0.39 is 10.0 Å². The van der Waals surface area contributed by atoms with E-state index in [-0.39, 0.29) is 10.3 Å². The molecule has 5 heteroatoms. The highest BCUT2D eigenvalue weighted by molar-refractivity contribution is 7.89. The Bertz CT molecular complexity index is 768. The van der Waals surface area contributed by atoms with Gasteiger partial charge < -0.3 is 4.74 Å². The van der Waals surface area contributed by atoms with Gasteiger partial charge in [0.05, 0.1) is 7.11 Å². The number of nitrogens with one attached hydrogen (secondary N) is 1. The Morgan fingerprint density at radius 3 is 2.30 bits per heavy atom. The van der Waals surface area contributed by atoms with Crippen LogP contribution in [0.3, 0.4) is 0 Å². The molecule has 1 saturated carbocycles.